The van der Waals surface area contributed by atoms with Gasteiger partial charge in [-0.05, 0) is 160 Å². The molecular formula is C98H70BN3. The van der Waals surface area contributed by atoms with Gasteiger partial charge in [-0.2, -0.15) is 0 Å². The minimum absolute atomic E-state index is 0.0982. The highest BCUT2D eigenvalue weighted by atomic mass is 15.2. The maximum absolute atomic E-state index is 2.70. The summed E-state index contributed by atoms with van der Waals surface area (Å²) in [6.45, 7) is 6.71. The number of hydrogen-bond donors (Lipinski definition) is 0. The van der Waals surface area contributed by atoms with E-state index in [1.807, 2.05) is 0 Å². The van der Waals surface area contributed by atoms with Crippen LogP contribution in [0.2, 0.25) is 0 Å². The molecule has 3 heterocycles. The minimum Gasteiger partial charge on any atom is -0.310 e. The molecule has 0 spiro atoms. The fourth-order valence-electron chi connectivity index (χ4n) is 16.4. The zero-order chi connectivity index (χ0) is 68.0. The van der Waals surface area contributed by atoms with Crippen LogP contribution in [0.3, 0.4) is 0 Å². The average Bonchev–Trinajstić information content (AvgIpc) is 0.985. The molecule has 0 saturated carbocycles. The fraction of sp³-hybridized carbons (Fsp3) is 0.0408. The van der Waals surface area contributed by atoms with Gasteiger partial charge in [0, 0.05) is 61.2 Å². The highest BCUT2D eigenvalue weighted by Gasteiger charge is 2.46. The first-order valence-corrected chi connectivity index (χ1v) is 35.6. The summed E-state index contributed by atoms with van der Waals surface area (Å²) in [5, 5.41) is 4.83. The van der Waals surface area contributed by atoms with Crippen molar-refractivity contribution >= 4 is 89.8 Å². The lowest BCUT2D eigenvalue weighted by Crippen LogP contribution is -2.61. The summed E-state index contributed by atoms with van der Waals surface area (Å²) in [5.74, 6) is 0. The summed E-state index contributed by atoms with van der Waals surface area (Å²) < 4.78 is 2.62. The molecule has 0 fully saturated rings. The van der Waals surface area contributed by atoms with Gasteiger partial charge in [0.2, 0.25) is 0 Å². The lowest BCUT2D eigenvalue weighted by Gasteiger charge is -2.46. The SMILES string of the molecule is CC(C)(C)c1ccc2c(c1)c1ccc3ccccc3c1n2-c1cc2c3c(c1)N(c1c(-c4ccccc4)cc(-c4ccccc4)cc1-c1ccccc1)c1ccc(-c4ccccc4)cc1B3c1cc(-c3ccccc3)ccc1N2c1c(-c2ccccc2)cc(-c2ccccc2)cc1-c1ccccc1. The number of aromatic nitrogens is 1. The third-order valence-electron chi connectivity index (χ3n) is 21.3. The van der Waals surface area contributed by atoms with Gasteiger partial charge in [-0.15, -0.1) is 0 Å². The predicted octanol–water partition coefficient (Wildman–Crippen LogP) is 24.7. The van der Waals surface area contributed by atoms with Gasteiger partial charge < -0.3 is 14.4 Å². The van der Waals surface area contributed by atoms with E-state index in [4.69, 9.17) is 0 Å². The molecule has 480 valence electrons. The van der Waals surface area contributed by atoms with Crippen molar-refractivity contribution in [1.29, 1.82) is 0 Å². The van der Waals surface area contributed by atoms with Gasteiger partial charge in [-0.25, -0.2) is 0 Å². The molecule has 0 aliphatic carbocycles. The number of rotatable bonds is 11. The van der Waals surface area contributed by atoms with Crippen LogP contribution >= 0.6 is 0 Å². The Labute approximate surface area is 596 Å². The second kappa shape index (κ2) is 24.6. The van der Waals surface area contributed by atoms with Gasteiger partial charge in [-0.3, -0.25) is 0 Å². The third kappa shape index (κ3) is 10.2. The van der Waals surface area contributed by atoms with Crippen LogP contribution in [0.1, 0.15) is 26.3 Å². The minimum atomic E-state index is -0.282. The van der Waals surface area contributed by atoms with Gasteiger partial charge in [0.15, 0.2) is 0 Å². The van der Waals surface area contributed by atoms with Crippen molar-refractivity contribution in [3.05, 3.63) is 376 Å². The van der Waals surface area contributed by atoms with Gasteiger partial charge in [0.05, 0.1) is 28.1 Å². The van der Waals surface area contributed by atoms with E-state index in [1.165, 1.54) is 49.0 Å². The summed E-state index contributed by atoms with van der Waals surface area (Å²) in [7, 11) is 0. The third-order valence-corrected chi connectivity index (χ3v) is 21.3. The van der Waals surface area contributed by atoms with E-state index in [0.717, 1.165) is 134 Å². The number of hydrogen-bond acceptors (Lipinski definition) is 2. The van der Waals surface area contributed by atoms with Crippen molar-refractivity contribution in [3.63, 3.8) is 0 Å². The smallest absolute Gasteiger partial charge is 0.252 e. The molecule has 16 aromatic carbocycles. The molecule has 1 aromatic heterocycles. The number of fused-ring (bicyclic) bond motifs is 9. The molecule has 0 bridgehead atoms. The van der Waals surface area contributed by atoms with Crippen LogP contribution < -0.4 is 26.2 Å². The summed E-state index contributed by atoms with van der Waals surface area (Å²) in [6, 6.07) is 139. The standard InChI is InChI=1S/C98H70BN3/c1-98(2,3)78-51-55-89-86(62-78)81-52-48-73-46-28-29-47-80(73)95(81)100(89)79-63-92-94-93(64-79)102(97-84(71-42-24-10-25-43-71)58-77(68-36-18-7-19-37-68)59-85(97)72-44-26-11-27-45-72)91-54-50-75(66-32-14-5-15-33-66)61-88(91)99(94)87-60-74(65-30-12-4-13-31-65)49-53-90(87)101(92)96-82(69-38-20-8-21-39-69)56-76(67-34-16-6-17-35-67)57-83(96)70-40-22-9-23-41-70/h4-64H,1-3H3. The maximum Gasteiger partial charge on any atom is 0.252 e. The van der Waals surface area contributed by atoms with Crippen molar-refractivity contribution in [1.82, 2.24) is 4.57 Å². The second-order valence-electron chi connectivity index (χ2n) is 28.3. The summed E-state index contributed by atoms with van der Waals surface area (Å²) in [5.41, 5.74) is 33.1. The van der Waals surface area contributed by atoms with Crippen LogP contribution in [0.5, 0.6) is 0 Å². The van der Waals surface area contributed by atoms with E-state index in [2.05, 4.69) is 405 Å². The van der Waals surface area contributed by atoms with Gasteiger partial charge in [0.1, 0.15) is 0 Å². The van der Waals surface area contributed by atoms with Crippen LogP contribution in [0, 0.1) is 0 Å². The van der Waals surface area contributed by atoms with Crippen LogP contribution in [-0.2, 0) is 5.41 Å². The molecule has 2 aliphatic rings. The van der Waals surface area contributed by atoms with Crippen molar-refractivity contribution in [2.24, 2.45) is 0 Å². The summed E-state index contributed by atoms with van der Waals surface area (Å²) in [4.78, 5) is 5.40. The summed E-state index contributed by atoms with van der Waals surface area (Å²) in [6.07, 6.45) is 0. The molecule has 2 aliphatic heterocycles. The Morgan fingerprint density at radius 3 is 1.01 bits per heavy atom. The predicted molar refractivity (Wildman–Crippen MR) is 434 cm³/mol. The highest BCUT2D eigenvalue weighted by Crippen LogP contribution is 2.56. The Morgan fingerprint density at radius 1 is 0.255 bits per heavy atom. The Balaban J connectivity index is 1.04. The molecule has 3 nitrogen and oxygen atoms in total. The largest absolute Gasteiger partial charge is 0.310 e. The van der Waals surface area contributed by atoms with Crippen LogP contribution in [0.4, 0.5) is 34.1 Å². The van der Waals surface area contributed by atoms with Crippen molar-refractivity contribution in [2.75, 3.05) is 9.80 Å². The van der Waals surface area contributed by atoms with Crippen molar-refractivity contribution in [3.8, 4) is 94.7 Å². The zero-order valence-corrected chi connectivity index (χ0v) is 57.1. The first-order chi connectivity index (χ1) is 50.3. The molecule has 102 heavy (non-hydrogen) atoms. The van der Waals surface area contributed by atoms with E-state index in [9.17, 15) is 0 Å². The van der Waals surface area contributed by atoms with Gasteiger partial charge in [0.25, 0.3) is 6.71 Å². The Bertz CT molecular complexity index is 5660. The maximum atomic E-state index is 2.70. The van der Waals surface area contributed by atoms with E-state index >= 15 is 0 Å². The normalized spacial score (nSPS) is 12.4. The molecule has 0 unspecified atom stereocenters. The van der Waals surface area contributed by atoms with Gasteiger partial charge >= 0.3 is 0 Å². The van der Waals surface area contributed by atoms with E-state index in [1.54, 1.807) is 0 Å². The van der Waals surface area contributed by atoms with E-state index in [0.29, 0.717) is 0 Å². The zero-order valence-electron chi connectivity index (χ0n) is 57.1. The second-order valence-corrected chi connectivity index (χ2v) is 28.3. The van der Waals surface area contributed by atoms with Crippen LogP contribution in [0.25, 0.3) is 127 Å². The van der Waals surface area contributed by atoms with E-state index < -0.39 is 0 Å². The molecule has 0 amide bonds. The topological polar surface area (TPSA) is 11.4 Å². The quantitative estimate of drug-likeness (QED) is 0.120. The molecular weight excluding hydrogens is 1230 g/mol. The molecule has 0 saturated heterocycles. The lowest BCUT2D eigenvalue weighted by molar-refractivity contribution is 0.591. The van der Waals surface area contributed by atoms with Gasteiger partial charge in [-0.1, -0.05) is 330 Å². The first kappa shape index (κ1) is 60.4. The Morgan fingerprint density at radius 2 is 0.618 bits per heavy atom. The monoisotopic (exact) mass is 1300 g/mol. The van der Waals surface area contributed by atoms with Crippen molar-refractivity contribution in [2.45, 2.75) is 26.2 Å². The molecule has 0 radical (unpaired) electrons. The molecule has 4 heteroatoms. The molecule has 17 aromatic rings. The molecule has 0 N–H and O–H groups in total. The Hall–Kier alpha value is -12.8. The molecule has 0 atom stereocenters. The first-order valence-electron chi connectivity index (χ1n) is 35.6. The lowest BCUT2D eigenvalue weighted by atomic mass is 9.33. The summed E-state index contributed by atoms with van der Waals surface area (Å²) >= 11 is 0. The van der Waals surface area contributed by atoms with Crippen LogP contribution in [0.15, 0.2) is 370 Å². The highest BCUT2D eigenvalue weighted by molar-refractivity contribution is 7.00. The number of nitrogens with zero attached hydrogens (tertiary/aromatic N) is 3. The fourth-order valence-corrected chi connectivity index (χ4v) is 16.4. The van der Waals surface area contributed by atoms with Crippen molar-refractivity contribution < 1.29 is 0 Å². The Kier molecular flexibility index (Phi) is 14.6. The average molecular weight is 1300 g/mol. The number of anilines is 6. The van der Waals surface area contributed by atoms with Crippen LogP contribution in [-0.4, -0.2) is 11.3 Å². The van der Waals surface area contributed by atoms with E-state index in [-0.39, 0.29) is 12.1 Å². The number of benzene rings is 16. The molecule has 19 rings (SSSR count).